The summed E-state index contributed by atoms with van der Waals surface area (Å²) in [6.45, 7) is 0. The summed E-state index contributed by atoms with van der Waals surface area (Å²) < 4.78 is 145. The van der Waals surface area contributed by atoms with Gasteiger partial charge >= 0.3 is 23.9 Å². The van der Waals surface area contributed by atoms with Crippen LogP contribution in [0.25, 0.3) is 79.2 Å². The second kappa shape index (κ2) is 16.7. The molecule has 4 aromatic carbocycles. The van der Waals surface area contributed by atoms with Crippen molar-refractivity contribution in [1.82, 2.24) is 19.9 Å². The Labute approximate surface area is 388 Å². The molecule has 322 valence electrons. The minimum atomic E-state index is -4.93. The fraction of sp³-hybridized carbons (Fsp3) is 0. The molecule has 2 aliphatic heterocycles. The Morgan fingerprint density at radius 2 is 0.785 bits per heavy atom. The molecule has 0 radical (unpaired) electrons. The van der Waals surface area contributed by atoms with Gasteiger partial charge in [0.05, 0.1) is 47.9 Å². The van der Waals surface area contributed by atoms with Gasteiger partial charge in [-0.15, -0.1) is 0 Å². The third kappa shape index (κ3) is 9.25. The van der Waals surface area contributed by atoms with Gasteiger partial charge < -0.3 is 28.2 Å². The Bertz CT molecular complexity index is 3800. The summed E-state index contributed by atoms with van der Waals surface area (Å²) >= 11 is 0. The largest absolute Gasteiger partial charge is 4.00 e. The van der Waals surface area contributed by atoms with E-state index in [9.17, 15) is 51.9 Å². The van der Waals surface area contributed by atoms with Gasteiger partial charge in [0.1, 0.15) is 40.5 Å². The smallest absolute Gasteiger partial charge is 0.744 e. The van der Waals surface area contributed by atoms with E-state index >= 15 is 0 Å². The van der Waals surface area contributed by atoms with Crippen LogP contribution in [0.2, 0.25) is 0 Å². The molecule has 21 heteroatoms. The third-order valence-electron chi connectivity index (χ3n) is 10.4. The van der Waals surface area contributed by atoms with Gasteiger partial charge in [0.15, 0.2) is 0 Å². The van der Waals surface area contributed by atoms with Crippen LogP contribution in [0.15, 0.2) is 147 Å². The van der Waals surface area contributed by atoms with Crippen molar-refractivity contribution in [2.75, 3.05) is 0 Å². The first-order valence-corrected chi connectivity index (χ1v) is 24.3. The van der Waals surface area contributed by atoms with Gasteiger partial charge in [-0.05, 0) is 119 Å². The zero-order chi connectivity index (χ0) is 45.3. The average molecular weight is 1050 g/mol. The maximum Gasteiger partial charge on any atom is 4.00 e. The number of benzene rings is 4. The normalized spacial score (nSPS) is 13.0. The molecule has 2 N–H and O–H groups in total. The zero-order valence-electron chi connectivity index (χ0n) is 32.8. The molecule has 9 rings (SSSR count). The summed E-state index contributed by atoms with van der Waals surface area (Å²) in [7, 11) is -19.6. The molecule has 2 aliphatic rings. The summed E-state index contributed by atoms with van der Waals surface area (Å²) in [6, 6.07) is 28.9. The maximum absolute atomic E-state index is 12.2. The van der Waals surface area contributed by atoms with Crippen LogP contribution in [0.4, 0.5) is 0 Å². The molecule has 0 saturated heterocycles. The molecule has 65 heavy (non-hydrogen) atoms. The molecule has 0 atom stereocenters. The van der Waals surface area contributed by atoms with Crippen molar-refractivity contribution in [3.63, 3.8) is 0 Å². The molecular formula is C44H26N4O12S4Sn. The fourth-order valence-corrected chi connectivity index (χ4v) is 9.39. The summed E-state index contributed by atoms with van der Waals surface area (Å²) in [5.74, 6) is 0. The summed E-state index contributed by atoms with van der Waals surface area (Å²) in [5.41, 5.74) is 6.05. The maximum atomic E-state index is 12.2. The van der Waals surface area contributed by atoms with Crippen molar-refractivity contribution in [2.24, 2.45) is 0 Å². The van der Waals surface area contributed by atoms with Gasteiger partial charge in [0, 0.05) is 38.8 Å². The molecule has 7 aromatic rings. The van der Waals surface area contributed by atoms with Crippen LogP contribution >= 0.6 is 0 Å². The van der Waals surface area contributed by atoms with Gasteiger partial charge in [-0.1, -0.05) is 48.5 Å². The van der Waals surface area contributed by atoms with Gasteiger partial charge in [0.2, 0.25) is 0 Å². The van der Waals surface area contributed by atoms with Crippen LogP contribution in [-0.2, 0) is 40.5 Å². The van der Waals surface area contributed by atoms with E-state index in [4.69, 9.17) is 9.97 Å². The minimum absolute atomic E-state index is 0. The number of hydrogen-bond donors (Lipinski definition) is 2. The van der Waals surface area contributed by atoms with Gasteiger partial charge in [0.25, 0.3) is 0 Å². The average Bonchev–Trinajstić information content (AvgIpc) is 4.05. The Morgan fingerprint density at radius 3 is 1.23 bits per heavy atom. The monoisotopic (exact) mass is 1050 g/mol. The van der Waals surface area contributed by atoms with E-state index in [1.807, 2.05) is 12.1 Å². The Morgan fingerprint density at radius 1 is 0.400 bits per heavy atom. The van der Waals surface area contributed by atoms with Crippen LogP contribution in [0.5, 0.6) is 0 Å². The number of H-pyrrole nitrogens is 2. The number of rotatable bonds is 8. The number of aromatic amines is 2. The quantitative estimate of drug-likeness (QED) is 0.125. The summed E-state index contributed by atoms with van der Waals surface area (Å²) in [4.78, 5) is 14.5. The second-order valence-corrected chi connectivity index (χ2v) is 20.0. The predicted octanol–water partition coefficient (Wildman–Crippen LogP) is 6.31. The van der Waals surface area contributed by atoms with Gasteiger partial charge in [-0.2, -0.15) is 0 Å². The Balaban J connectivity index is 0.00000576. The van der Waals surface area contributed by atoms with Crippen molar-refractivity contribution < 1.29 is 51.9 Å². The van der Waals surface area contributed by atoms with Crippen molar-refractivity contribution in [3.8, 4) is 33.4 Å². The van der Waals surface area contributed by atoms with E-state index in [2.05, 4.69) is 9.97 Å². The van der Waals surface area contributed by atoms with Crippen LogP contribution < -0.4 is 0 Å². The van der Waals surface area contributed by atoms with Gasteiger partial charge in [-0.3, -0.25) is 0 Å². The number of aromatic nitrogens is 4. The van der Waals surface area contributed by atoms with E-state index in [-0.39, 0.29) is 46.2 Å². The topological polar surface area (TPSA) is 286 Å². The standard InChI is InChI=1S/C44H30N4O12S4.Sn/c49-61(50,51)34-13-1-25(2-14-34)38-23-33-22-31-10-9-29(45-31)21-30-11-12-32(46-30)24-39-40(26-3-15-35(16-4-26)62(52,53)54)41(27-5-17-36(18-6-27)63(55,56)57)44(48-39)42(43(38)47-33)28-7-19-37(20-8-28)64(58,59)60;/h1-24,45,48H,(H,49,50,51)(H,52,53,54)(H,55,56,57)(H,58,59,60);/q;+4/p-4. The Hall–Kier alpha value is -6.08. The summed E-state index contributed by atoms with van der Waals surface area (Å²) in [5, 5.41) is 0. The van der Waals surface area contributed by atoms with E-state index in [1.54, 1.807) is 36.4 Å². The first-order valence-electron chi connectivity index (χ1n) is 18.6. The molecule has 8 bridgehead atoms. The zero-order valence-corrected chi connectivity index (χ0v) is 38.9. The molecule has 0 saturated carbocycles. The third-order valence-corrected chi connectivity index (χ3v) is 13.8. The first-order chi connectivity index (χ1) is 30.2. The molecule has 0 aliphatic carbocycles. The molecular weight excluding hydrogens is 1020 g/mol. The molecule has 0 fully saturated rings. The van der Waals surface area contributed by atoms with Crippen molar-refractivity contribution in [3.05, 3.63) is 156 Å². The van der Waals surface area contributed by atoms with Gasteiger partial charge in [-0.25, -0.2) is 43.6 Å². The van der Waals surface area contributed by atoms with Crippen LogP contribution in [-0.4, -0.2) is 95.7 Å². The second-order valence-electron chi connectivity index (χ2n) is 14.5. The number of hydrogen-bond acceptors (Lipinski definition) is 14. The van der Waals surface area contributed by atoms with Crippen molar-refractivity contribution >= 4 is 110 Å². The molecule has 3 aromatic heterocycles. The van der Waals surface area contributed by atoms with Crippen molar-refractivity contribution in [1.29, 1.82) is 0 Å². The van der Waals surface area contributed by atoms with E-state index in [0.717, 1.165) is 48.5 Å². The van der Waals surface area contributed by atoms with Crippen molar-refractivity contribution in [2.45, 2.75) is 19.6 Å². The van der Waals surface area contributed by atoms with Crippen LogP contribution in [0, 0.1) is 0 Å². The fourth-order valence-electron chi connectivity index (χ4n) is 7.51. The van der Waals surface area contributed by atoms with E-state index < -0.39 is 60.1 Å². The first kappa shape index (κ1) is 45.5. The molecule has 0 spiro atoms. The van der Waals surface area contributed by atoms with E-state index in [1.165, 1.54) is 48.5 Å². The molecule has 0 unspecified atom stereocenters. The Kier molecular flexibility index (Phi) is 11.7. The number of nitrogens with zero attached hydrogens (tertiary/aromatic N) is 2. The van der Waals surface area contributed by atoms with Crippen LogP contribution in [0.3, 0.4) is 0 Å². The van der Waals surface area contributed by atoms with E-state index in [0.29, 0.717) is 67.0 Å². The SMILES string of the molecule is O=S(=O)([O-])c1ccc(C2=Cc3cc4ccc(cc5nc(cc6[nH]c(c(-c7ccc(S(=O)(=O)[O-])cc7)c2n3)c(-c2ccc(S(=O)(=O)[O-])cc2)c6-c2ccc(S(=O)(=O)[O-])cc2)C=C5)[nH]4)cc1.[Sn+4]. The predicted molar refractivity (Wildman–Crippen MR) is 237 cm³/mol. The number of fused-ring (bicyclic) bond motifs is 8. The summed E-state index contributed by atoms with van der Waals surface area (Å²) in [6.07, 6.45) is 5.22. The number of nitrogens with one attached hydrogen (secondary N) is 2. The molecule has 5 heterocycles. The minimum Gasteiger partial charge on any atom is -0.744 e. The molecule has 0 amide bonds. The van der Waals surface area contributed by atoms with Crippen LogP contribution in [0.1, 0.15) is 28.3 Å². The molecule has 16 nitrogen and oxygen atoms in total.